The molecule has 0 saturated heterocycles. The van der Waals surface area contributed by atoms with Crippen molar-refractivity contribution >= 4 is 0 Å². The molecule has 0 spiro atoms. The van der Waals surface area contributed by atoms with Crippen LogP contribution in [0.5, 0.6) is 0 Å². The van der Waals surface area contributed by atoms with Gasteiger partial charge in [-0.15, -0.1) is 0 Å². The first-order chi connectivity index (χ1) is 10.8. The molecule has 0 fully saturated rings. The average molecular weight is 323 g/mol. The van der Waals surface area contributed by atoms with Crippen LogP contribution in [0.3, 0.4) is 0 Å². The maximum atomic E-state index is 2.42. The van der Waals surface area contributed by atoms with Crippen molar-refractivity contribution in [3.8, 4) is 11.1 Å². The summed E-state index contributed by atoms with van der Waals surface area (Å²) in [5.41, 5.74) is 7.38. The van der Waals surface area contributed by atoms with E-state index in [1.165, 1.54) is 27.8 Å². The molecule has 0 nitrogen and oxygen atoms in total. The molecular formula is C24H34. The molecule has 130 valence electrons. The van der Waals surface area contributed by atoms with Crippen LogP contribution in [0.15, 0.2) is 42.5 Å². The van der Waals surface area contributed by atoms with Crippen LogP contribution in [-0.4, -0.2) is 0 Å². The smallest absolute Gasteiger partial charge is 0.0126 e. The van der Waals surface area contributed by atoms with Gasteiger partial charge < -0.3 is 0 Å². The summed E-state index contributed by atoms with van der Waals surface area (Å²) in [7, 11) is 0. The maximum Gasteiger partial charge on any atom is -0.0126 e. The number of rotatable bonds is 1. The Kier molecular flexibility index (Phi) is 4.74. The van der Waals surface area contributed by atoms with Gasteiger partial charge in [0.1, 0.15) is 0 Å². The minimum Gasteiger partial charge on any atom is -0.0614 e. The van der Waals surface area contributed by atoms with Crippen LogP contribution < -0.4 is 0 Å². The van der Waals surface area contributed by atoms with E-state index in [2.05, 4.69) is 105 Å². The van der Waals surface area contributed by atoms with E-state index in [-0.39, 0.29) is 16.2 Å². The van der Waals surface area contributed by atoms with Gasteiger partial charge in [0.25, 0.3) is 0 Å². The van der Waals surface area contributed by atoms with Gasteiger partial charge in [0, 0.05) is 0 Å². The van der Waals surface area contributed by atoms with Crippen LogP contribution >= 0.6 is 0 Å². The molecule has 0 bridgehead atoms. The van der Waals surface area contributed by atoms with E-state index in [4.69, 9.17) is 0 Å². The minimum absolute atomic E-state index is 0.119. The summed E-state index contributed by atoms with van der Waals surface area (Å²) < 4.78 is 0. The van der Waals surface area contributed by atoms with Crippen LogP contribution in [0.2, 0.25) is 0 Å². The molecule has 0 atom stereocenters. The third-order valence-electron chi connectivity index (χ3n) is 4.73. The Labute approximate surface area is 149 Å². The van der Waals surface area contributed by atoms with Crippen LogP contribution in [0.25, 0.3) is 11.1 Å². The monoisotopic (exact) mass is 322 g/mol. The first-order valence-electron chi connectivity index (χ1n) is 9.06. The molecule has 0 aliphatic carbocycles. The first kappa shape index (κ1) is 18.8. The molecule has 0 amide bonds. The van der Waals surface area contributed by atoms with Gasteiger partial charge in [0.05, 0.1) is 0 Å². The zero-order valence-electron chi connectivity index (χ0n) is 17.0. The molecule has 0 heteroatoms. The quantitative estimate of drug-likeness (QED) is 0.519. The van der Waals surface area contributed by atoms with E-state index in [9.17, 15) is 0 Å². The Morgan fingerprint density at radius 1 is 0.542 bits per heavy atom. The zero-order chi connectivity index (χ0) is 18.3. The normalized spacial score (nSPS) is 13.2. The summed E-state index contributed by atoms with van der Waals surface area (Å²) in [6.07, 6.45) is 0. The lowest BCUT2D eigenvalue weighted by Gasteiger charge is -2.28. The van der Waals surface area contributed by atoms with Crippen molar-refractivity contribution in [2.24, 2.45) is 0 Å². The van der Waals surface area contributed by atoms with Crippen LogP contribution in [0.1, 0.15) is 79.0 Å². The van der Waals surface area contributed by atoms with E-state index in [1.54, 1.807) is 0 Å². The standard InChI is InChI=1S/C24H34/c1-22(2,3)18-12-10-11-17(15-18)20-14-13-19(23(4,5)6)16-21(20)24(7,8)9/h10-16H,1-9H3. The lowest BCUT2D eigenvalue weighted by atomic mass is 9.76. The molecule has 2 aromatic carbocycles. The van der Waals surface area contributed by atoms with Crippen LogP contribution in [0.4, 0.5) is 0 Å². The van der Waals surface area contributed by atoms with Gasteiger partial charge in [-0.3, -0.25) is 0 Å². The third-order valence-corrected chi connectivity index (χ3v) is 4.73. The highest BCUT2D eigenvalue weighted by molar-refractivity contribution is 5.70. The number of hydrogen-bond donors (Lipinski definition) is 0. The van der Waals surface area contributed by atoms with Gasteiger partial charge in [0.15, 0.2) is 0 Å². The Balaban J connectivity index is 2.67. The summed E-state index contributed by atoms with van der Waals surface area (Å²) in [6, 6.07) is 16.1. The lowest BCUT2D eigenvalue weighted by Crippen LogP contribution is -2.17. The fourth-order valence-corrected chi connectivity index (χ4v) is 3.04. The molecule has 0 aliphatic rings. The summed E-state index contributed by atoms with van der Waals surface area (Å²) in [4.78, 5) is 0. The second kappa shape index (κ2) is 6.06. The van der Waals surface area contributed by atoms with E-state index < -0.39 is 0 Å². The number of benzene rings is 2. The molecule has 0 aliphatic heterocycles. The summed E-state index contributed by atoms with van der Waals surface area (Å²) in [5, 5.41) is 0. The largest absolute Gasteiger partial charge is 0.0614 e. The van der Waals surface area contributed by atoms with Gasteiger partial charge in [-0.25, -0.2) is 0 Å². The van der Waals surface area contributed by atoms with E-state index in [1.807, 2.05) is 0 Å². The highest BCUT2D eigenvalue weighted by atomic mass is 14.3. The Bertz CT molecular complexity index is 713. The van der Waals surface area contributed by atoms with Crippen LogP contribution in [0, 0.1) is 0 Å². The fraction of sp³-hybridized carbons (Fsp3) is 0.500. The van der Waals surface area contributed by atoms with Crippen molar-refractivity contribution in [2.75, 3.05) is 0 Å². The second-order valence-corrected chi connectivity index (χ2v) is 10.1. The van der Waals surface area contributed by atoms with Gasteiger partial charge in [-0.1, -0.05) is 105 Å². The molecule has 0 aromatic heterocycles. The molecule has 2 aromatic rings. The SMILES string of the molecule is CC(C)(C)c1cccc(-c2ccc(C(C)(C)C)cc2C(C)(C)C)c1. The van der Waals surface area contributed by atoms with E-state index in [0.29, 0.717) is 0 Å². The summed E-state index contributed by atoms with van der Waals surface area (Å²) in [5.74, 6) is 0. The summed E-state index contributed by atoms with van der Waals surface area (Å²) in [6.45, 7) is 20.6. The van der Waals surface area contributed by atoms with E-state index in [0.717, 1.165) is 0 Å². The zero-order valence-corrected chi connectivity index (χ0v) is 17.0. The Morgan fingerprint density at radius 3 is 1.58 bits per heavy atom. The molecule has 0 N–H and O–H groups in total. The third kappa shape index (κ3) is 4.09. The Hall–Kier alpha value is -1.56. The van der Waals surface area contributed by atoms with Gasteiger partial charge in [0.2, 0.25) is 0 Å². The van der Waals surface area contributed by atoms with Crippen molar-refractivity contribution in [3.05, 3.63) is 59.2 Å². The van der Waals surface area contributed by atoms with Crippen LogP contribution in [-0.2, 0) is 16.2 Å². The lowest BCUT2D eigenvalue weighted by molar-refractivity contribution is 0.569. The number of hydrogen-bond acceptors (Lipinski definition) is 0. The van der Waals surface area contributed by atoms with E-state index >= 15 is 0 Å². The van der Waals surface area contributed by atoms with Crippen molar-refractivity contribution < 1.29 is 0 Å². The molecular weight excluding hydrogens is 288 g/mol. The van der Waals surface area contributed by atoms with Gasteiger partial charge in [-0.05, 0) is 44.1 Å². The fourth-order valence-electron chi connectivity index (χ4n) is 3.04. The summed E-state index contributed by atoms with van der Waals surface area (Å²) >= 11 is 0. The second-order valence-electron chi connectivity index (χ2n) is 10.1. The first-order valence-corrected chi connectivity index (χ1v) is 9.06. The molecule has 24 heavy (non-hydrogen) atoms. The molecule has 0 saturated carbocycles. The van der Waals surface area contributed by atoms with Crippen molar-refractivity contribution in [1.29, 1.82) is 0 Å². The molecule has 0 heterocycles. The molecule has 0 unspecified atom stereocenters. The van der Waals surface area contributed by atoms with Gasteiger partial charge in [-0.2, -0.15) is 0 Å². The highest BCUT2D eigenvalue weighted by Crippen LogP contribution is 2.37. The minimum atomic E-state index is 0.119. The van der Waals surface area contributed by atoms with Crippen molar-refractivity contribution in [3.63, 3.8) is 0 Å². The molecule has 0 radical (unpaired) electrons. The van der Waals surface area contributed by atoms with Gasteiger partial charge >= 0.3 is 0 Å². The predicted molar refractivity (Wildman–Crippen MR) is 108 cm³/mol. The maximum absolute atomic E-state index is 2.42. The highest BCUT2D eigenvalue weighted by Gasteiger charge is 2.23. The Morgan fingerprint density at radius 2 is 1.08 bits per heavy atom. The van der Waals surface area contributed by atoms with Crippen molar-refractivity contribution in [1.82, 2.24) is 0 Å². The van der Waals surface area contributed by atoms with Crippen molar-refractivity contribution in [2.45, 2.75) is 78.6 Å². The average Bonchev–Trinajstić information content (AvgIpc) is 2.44. The molecule has 2 rings (SSSR count). The topological polar surface area (TPSA) is 0 Å². The predicted octanol–water partition coefficient (Wildman–Crippen LogP) is 7.25.